The van der Waals surface area contributed by atoms with Crippen LogP contribution >= 0.6 is 11.6 Å². The Morgan fingerprint density at radius 1 is 1.05 bits per heavy atom. The molecule has 1 aliphatic heterocycles. The third-order valence-corrected chi connectivity index (χ3v) is 4.45. The highest BCUT2D eigenvalue weighted by Gasteiger charge is 2.33. The van der Waals surface area contributed by atoms with Gasteiger partial charge in [-0.1, -0.05) is 61.8 Å². The zero-order chi connectivity index (χ0) is 15.7. The van der Waals surface area contributed by atoms with Crippen LogP contribution in [0.4, 0.5) is 0 Å². The van der Waals surface area contributed by atoms with Crippen LogP contribution in [0.3, 0.4) is 0 Å². The van der Waals surface area contributed by atoms with E-state index in [1.54, 1.807) is 0 Å². The highest BCUT2D eigenvalue weighted by atomic mass is 35.5. The Labute approximate surface area is 136 Å². The van der Waals surface area contributed by atoms with E-state index in [9.17, 15) is 4.79 Å². The lowest BCUT2D eigenvalue weighted by Crippen LogP contribution is -2.39. The van der Waals surface area contributed by atoms with Gasteiger partial charge < -0.3 is 5.32 Å². The molecule has 22 heavy (non-hydrogen) atoms. The van der Waals surface area contributed by atoms with Crippen molar-refractivity contribution in [3.05, 3.63) is 70.2 Å². The third-order valence-electron chi connectivity index (χ3n) is 4.20. The maximum atomic E-state index is 12.6. The van der Waals surface area contributed by atoms with Crippen LogP contribution in [-0.2, 0) is 4.79 Å². The Balaban J connectivity index is 2.03. The summed E-state index contributed by atoms with van der Waals surface area (Å²) in [5.74, 6) is 0.544. The molecule has 0 fully saturated rings. The molecule has 0 radical (unpaired) electrons. The average Bonchev–Trinajstić information content (AvgIpc) is 2.50. The quantitative estimate of drug-likeness (QED) is 0.875. The predicted molar refractivity (Wildman–Crippen MR) is 90.1 cm³/mol. The summed E-state index contributed by atoms with van der Waals surface area (Å²) < 4.78 is 0. The minimum Gasteiger partial charge on any atom is -0.345 e. The van der Waals surface area contributed by atoms with Crippen LogP contribution in [0.2, 0.25) is 5.02 Å². The van der Waals surface area contributed by atoms with Gasteiger partial charge in [0.15, 0.2) is 0 Å². The Morgan fingerprint density at radius 3 is 2.32 bits per heavy atom. The van der Waals surface area contributed by atoms with Gasteiger partial charge in [-0.25, -0.2) is 0 Å². The number of rotatable bonds is 3. The summed E-state index contributed by atoms with van der Waals surface area (Å²) >= 11 is 5.97. The second-order valence-corrected chi connectivity index (χ2v) is 6.74. The summed E-state index contributed by atoms with van der Waals surface area (Å²) in [6.45, 7) is 4.31. The molecule has 2 aromatic rings. The molecule has 0 bridgehead atoms. The van der Waals surface area contributed by atoms with Crippen molar-refractivity contribution < 1.29 is 4.79 Å². The fraction of sp³-hybridized carbons (Fsp3) is 0.316. The van der Waals surface area contributed by atoms with E-state index in [-0.39, 0.29) is 17.9 Å². The fourth-order valence-electron chi connectivity index (χ4n) is 3.18. The number of hydrogen-bond acceptors (Lipinski definition) is 1. The van der Waals surface area contributed by atoms with Crippen LogP contribution in [0, 0.1) is 5.92 Å². The van der Waals surface area contributed by atoms with Gasteiger partial charge in [0.2, 0.25) is 5.91 Å². The molecule has 2 unspecified atom stereocenters. The molecule has 0 spiro atoms. The molecule has 3 rings (SSSR count). The minimum absolute atomic E-state index is 0.0558. The smallest absolute Gasteiger partial charge is 0.228 e. The van der Waals surface area contributed by atoms with Gasteiger partial charge in [0.1, 0.15) is 0 Å². The van der Waals surface area contributed by atoms with Gasteiger partial charge in [-0.05, 0) is 41.2 Å². The molecule has 1 aliphatic rings. The number of nitrogens with one attached hydrogen (secondary N) is 1. The normalized spacial score (nSPS) is 20.6. The van der Waals surface area contributed by atoms with Crippen molar-refractivity contribution in [2.75, 3.05) is 0 Å². The lowest BCUT2D eigenvalue weighted by atomic mass is 9.80. The predicted octanol–water partition coefficient (Wildman–Crippen LogP) is 4.69. The van der Waals surface area contributed by atoms with Crippen molar-refractivity contribution in [1.82, 2.24) is 5.32 Å². The van der Waals surface area contributed by atoms with Gasteiger partial charge in [0, 0.05) is 5.02 Å². The monoisotopic (exact) mass is 313 g/mol. The molecule has 1 heterocycles. The Kier molecular flexibility index (Phi) is 4.21. The number of fused-ring (bicyclic) bond motifs is 1. The van der Waals surface area contributed by atoms with Crippen LogP contribution < -0.4 is 5.32 Å². The van der Waals surface area contributed by atoms with Gasteiger partial charge in [-0.2, -0.15) is 0 Å². The van der Waals surface area contributed by atoms with Crippen LogP contribution in [0.25, 0.3) is 0 Å². The first-order chi connectivity index (χ1) is 10.6. The second-order valence-electron chi connectivity index (χ2n) is 6.30. The number of hydrogen-bond donors (Lipinski definition) is 1. The van der Waals surface area contributed by atoms with Gasteiger partial charge in [-0.15, -0.1) is 0 Å². The van der Waals surface area contributed by atoms with E-state index in [4.69, 9.17) is 11.6 Å². The summed E-state index contributed by atoms with van der Waals surface area (Å²) in [5.41, 5.74) is 3.41. The highest BCUT2D eigenvalue weighted by molar-refractivity contribution is 6.30. The van der Waals surface area contributed by atoms with E-state index < -0.39 is 0 Å². The Morgan fingerprint density at radius 2 is 1.68 bits per heavy atom. The SMILES string of the molecule is CC(C)CC1C(=O)NC(c2ccc(Cl)cc2)c2ccccc21. The molecular formula is C19H20ClNO. The molecule has 0 saturated heterocycles. The molecule has 2 aromatic carbocycles. The summed E-state index contributed by atoms with van der Waals surface area (Å²) in [7, 11) is 0. The number of benzene rings is 2. The van der Waals surface area contributed by atoms with Crippen molar-refractivity contribution in [2.24, 2.45) is 5.92 Å². The van der Waals surface area contributed by atoms with Crippen molar-refractivity contribution in [3.8, 4) is 0 Å². The topological polar surface area (TPSA) is 29.1 Å². The van der Waals surface area contributed by atoms with Crippen LogP contribution in [0.1, 0.15) is 48.9 Å². The maximum absolute atomic E-state index is 12.6. The first-order valence-corrected chi connectivity index (χ1v) is 8.08. The van der Waals surface area contributed by atoms with Gasteiger partial charge in [0.05, 0.1) is 12.0 Å². The van der Waals surface area contributed by atoms with Crippen molar-refractivity contribution in [3.63, 3.8) is 0 Å². The molecule has 1 amide bonds. The summed E-state index contributed by atoms with van der Waals surface area (Å²) in [6, 6.07) is 15.8. The van der Waals surface area contributed by atoms with Gasteiger partial charge in [0.25, 0.3) is 0 Å². The molecule has 114 valence electrons. The molecule has 2 nitrogen and oxygen atoms in total. The highest BCUT2D eigenvalue weighted by Crippen LogP contribution is 2.37. The van der Waals surface area contributed by atoms with Crippen molar-refractivity contribution in [2.45, 2.75) is 32.2 Å². The van der Waals surface area contributed by atoms with E-state index in [0.29, 0.717) is 10.9 Å². The van der Waals surface area contributed by atoms with Crippen LogP contribution in [-0.4, -0.2) is 5.91 Å². The first kappa shape index (κ1) is 15.1. The van der Waals surface area contributed by atoms with E-state index in [0.717, 1.165) is 17.5 Å². The summed E-state index contributed by atoms with van der Waals surface area (Å²) in [5, 5.41) is 3.89. The Bertz CT molecular complexity index is 678. The molecule has 1 N–H and O–H groups in total. The van der Waals surface area contributed by atoms with E-state index in [1.165, 1.54) is 5.56 Å². The van der Waals surface area contributed by atoms with Crippen molar-refractivity contribution in [1.29, 1.82) is 0 Å². The number of carbonyl (C=O) groups is 1. The lowest BCUT2D eigenvalue weighted by Gasteiger charge is -2.33. The largest absolute Gasteiger partial charge is 0.345 e. The van der Waals surface area contributed by atoms with Gasteiger partial charge >= 0.3 is 0 Å². The first-order valence-electron chi connectivity index (χ1n) is 7.71. The zero-order valence-corrected chi connectivity index (χ0v) is 13.6. The lowest BCUT2D eigenvalue weighted by molar-refractivity contribution is -0.124. The molecule has 2 atom stereocenters. The van der Waals surface area contributed by atoms with E-state index in [1.807, 2.05) is 36.4 Å². The maximum Gasteiger partial charge on any atom is 0.228 e. The molecular weight excluding hydrogens is 294 g/mol. The van der Waals surface area contributed by atoms with Gasteiger partial charge in [-0.3, -0.25) is 4.79 Å². The molecule has 3 heteroatoms. The average molecular weight is 314 g/mol. The standard InChI is InChI=1S/C19H20ClNO/c1-12(2)11-17-15-5-3-4-6-16(15)18(21-19(17)22)13-7-9-14(20)10-8-13/h3-10,12,17-18H,11H2,1-2H3,(H,21,22). The zero-order valence-electron chi connectivity index (χ0n) is 12.8. The van der Waals surface area contributed by atoms with Crippen molar-refractivity contribution >= 4 is 17.5 Å². The fourth-order valence-corrected chi connectivity index (χ4v) is 3.30. The number of halogens is 1. The Hall–Kier alpha value is -1.80. The molecule has 0 aliphatic carbocycles. The van der Waals surface area contributed by atoms with Crippen LogP contribution in [0.15, 0.2) is 48.5 Å². The third kappa shape index (κ3) is 2.89. The number of amides is 1. The molecule has 0 saturated carbocycles. The minimum atomic E-state index is -0.0932. The second kappa shape index (κ2) is 6.13. The molecule has 0 aromatic heterocycles. The summed E-state index contributed by atoms with van der Waals surface area (Å²) in [6.07, 6.45) is 0.871. The summed E-state index contributed by atoms with van der Waals surface area (Å²) in [4.78, 5) is 12.6. The van der Waals surface area contributed by atoms with E-state index >= 15 is 0 Å². The number of carbonyl (C=O) groups excluding carboxylic acids is 1. The van der Waals surface area contributed by atoms with E-state index in [2.05, 4.69) is 31.3 Å². The van der Waals surface area contributed by atoms with Crippen LogP contribution in [0.5, 0.6) is 0 Å².